The number of carbonyl (C=O) groups excluding carboxylic acids is 1. The number of amides is 1. The molecule has 1 fully saturated rings. The van der Waals surface area contributed by atoms with E-state index in [1.165, 1.54) is 6.07 Å². The molecule has 0 aromatic heterocycles. The molecular weight excluding hydrogens is 276 g/mol. The van der Waals surface area contributed by atoms with Crippen LogP contribution in [-0.4, -0.2) is 35.2 Å². The zero-order valence-corrected chi connectivity index (χ0v) is 11.7. The van der Waals surface area contributed by atoms with Gasteiger partial charge in [0, 0.05) is 30.9 Å². The van der Waals surface area contributed by atoms with Gasteiger partial charge in [-0.15, -0.1) is 0 Å². The minimum Gasteiger partial charge on any atom is -0.502 e. The summed E-state index contributed by atoms with van der Waals surface area (Å²) in [7, 11) is 0. The summed E-state index contributed by atoms with van der Waals surface area (Å²) >= 11 is 0. The van der Waals surface area contributed by atoms with Crippen LogP contribution < -0.4 is 5.32 Å². The van der Waals surface area contributed by atoms with E-state index in [9.17, 15) is 20.0 Å². The number of phenols is 1. The molecule has 1 aliphatic rings. The van der Waals surface area contributed by atoms with Crippen LogP contribution in [0, 0.1) is 16.0 Å². The molecule has 0 saturated carbocycles. The lowest BCUT2D eigenvalue weighted by atomic mass is 9.93. The molecule has 1 saturated heterocycles. The predicted molar refractivity (Wildman–Crippen MR) is 75.2 cm³/mol. The van der Waals surface area contributed by atoms with Crippen molar-refractivity contribution >= 4 is 11.6 Å². The van der Waals surface area contributed by atoms with E-state index in [0.29, 0.717) is 19.1 Å². The monoisotopic (exact) mass is 294 g/mol. The Morgan fingerprint density at radius 3 is 2.76 bits per heavy atom. The van der Waals surface area contributed by atoms with Gasteiger partial charge in [0.15, 0.2) is 5.75 Å². The van der Waals surface area contributed by atoms with Crippen molar-refractivity contribution in [1.29, 1.82) is 0 Å². The van der Waals surface area contributed by atoms with E-state index in [0.717, 1.165) is 25.0 Å². The molecule has 0 aliphatic carbocycles. The Balaban J connectivity index is 2.06. The van der Waals surface area contributed by atoms with Crippen LogP contribution in [0.25, 0.3) is 0 Å². The summed E-state index contributed by atoms with van der Waals surface area (Å²) in [4.78, 5) is 22.2. The lowest BCUT2D eigenvalue weighted by Gasteiger charge is -2.28. The van der Waals surface area contributed by atoms with Crippen LogP contribution >= 0.6 is 0 Å². The number of carbonyl (C=O) groups is 1. The Labute approximate surface area is 122 Å². The van der Waals surface area contributed by atoms with Gasteiger partial charge in [0.1, 0.15) is 0 Å². The van der Waals surface area contributed by atoms with Crippen molar-refractivity contribution in [3.63, 3.8) is 0 Å². The molecule has 1 atom stereocenters. The van der Waals surface area contributed by atoms with Crippen molar-refractivity contribution in [1.82, 2.24) is 5.32 Å². The summed E-state index contributed by atoms with van der Waals surface area (Å²) in [5.74, 6) is -0.485. The molecule has 2 rings (SSSR count). The average Bonchev–Trinajstić information content (AvgIpc) is 2.48. The van der Waals surface area contributed by atoms with Crippen LogP contribution in [-0.2, 0) is 4.74 Å². The number of hydrogen-bond donors (Lipinski definition) is 2. The van der Waals surface area contributed by atoms with Gasteiger partial charge in [-0.3, -0.25) is 14.9 Å². The molecule has 1 aliphatic heterocycles. The number of rotatable bonds is 4. The summed E-state index contributed by atoms with van der Waals surface area (Å²) in [6.45, 7) is 3.30. The van der Waals surface area contributed by atoms with Crippen molar-refractivity contribution in [2.45, 2.75) is 25.8 Å². The first-order valence-corrected chi connectivity index (χ1v) is 6.85. The Bertz CT molecular complexity index is 540. The number of nitrogens with one attached hydrogen (secondary N) is 1. The van der Waals surface area contributed by atoms with Crippen molar-refractivity contribution in [3.05, 3.63) is 33.9 Å². The van der Waals surface area contributed by atoms with Crippen LogP contribution in [0.5, 0.6) is 5.75 Å². The molecule has 0 bridgehead atoms. The van der Waals surface area contributed by atoms with E-state index in [2.05, 4.69) is 5.32 Å². The molecular formula is C14H18N2O5. The molecule has 0 unspecified atom stereocenters. The third kappa shape index (κ3) is 3.69. The highest BCUT2D eigenvalue weighted by Crippen LogP contribution is 2.26. The highest BCUT2D eigenvalue weighted by Gasteiger charge is 2.23. The quantitative estimate of drug-likeness (QED) is 0.651. The molecule has 7 heteroatoms. The van der Waals surface area contributed by atoms with Gasteiger partial charge < -0.3 is 15.2 Å². The van der Waals surface area contributed by atoms with Crippen LogP contribution in [0.3, 0.4) is 0 Å². The highest BCUT2D eigenvalue weighted by molar-refractivity contribution is 5.95. The number of benzene rings is 1. The molecule has 21 heavy (non-hydrogen) atoms. The molecule has 0 radical (unpaired) electrons. The highest BCUT2D eigenvalue weighted by atomic mass is 16.6. The lowest BCUT2D eigenvalue weighted by molar-refractivity contribution is -0.385. The van der Waals surface area contributed by atoms with Gasteiger partial charge in [0.05, 0.1) is 4.92 Å². The maximum Gasteiger partial charge on any atom is 0.311 e. The SMILES string of the molecule is C[C@H](NC(=O)c1ccc(O)c([N+](=O)[O-])c1)C1CCOCC1. The molecule has 114 valence electrons. The predicted octanol–water partition coefficient (Wildman–Crippen LogP) is 1.85. The van der Waals surface area contributed by atoms with E-state index >= 15 is 0 Å². The Kier molecular flexibility index (Phi) is 4.74. The van der Waals surface area contributed by atoms with Gasteiger partial charge in [-0.05, 0) is 37.8 Å². The molecule has 0 spiro atoms. The van der Waals surface area contributed by atoms with Gasteiger partial charge >= 0.3 is 5.69 Å². The first kappa shape index (κ1) is 15.2. The fourth-order valence-electron chi connectivity index (χ4n) is 2.43. The second-order valence-electron chi connectivity index (χ2n) is 5.17. The minimum atomic E-state index is -0.714. The van der Waals surface area contributed by atoms with Gasteiger partial charge in [0.25, 0.3) is 5.91 Å². The van der Waals surface area contributed by atoms with Crippen LogP contribution in [0.1, 0.15) is 30.1 Å². The van der Waals surface area contributed by atoms with Gasteiger partial charge in [0.2, 0.25) is 0 Å². The van der Waals surface area contributed by atoms with Crippen LogP contribution in [0.2, 0.25) is 0 Å². The normalized spacial score (nSPS) is 17.2. The lowest BCUT2D eigenvalue weighted by Crippen LogP contribution is -2.40. The van der Waals surface area contributed by atoms with Crippen LogP contribution in [0.4, 0.5) is 5.69 Å². The number of phenolic OH excluding ortho intramolecular Hbond substituents is 1. The fraction of sp³-hybridized carbons (Fsp3) is 0.500. The third-order valence-electron chi connectivity index (χ3n) is 3.77. The number of nitrogens with zero attached hydrogens (tertiary/aromatic N) is 1. The summed E-state index contributed by atoms with van der Waals surface area (Å²) in [5.41, 5.74) is -0.306. The summed E-state index contributed by atoms with van der Waals surface area (Å²) in [6.07, 6.45) is 1.77. The first-order valence-electron chi connectivity index (χ1n) is 6.85. The largest absolute Gasteiger partial charge is 0.502 e. The van der Waals surface area contributed by atoms with Crippen LogP contribution in [0.15, 0.2) is 18.2 Å². The van der Waals surface area contributed by atoms with Gasteiger partial charge in [-0.1, -0.05) is 0 Å². The molecule has 1 aromatic rings. The Morgan fingerprint density at radius 2 is 2.14 bits per heavy atom. The molecule has 2 N–H and O–H groups in total. The van der Waals surface area contributed by atoms with E-state index in [-0.39, 0.29) is 17.5 Å². The summed E-state index contributed by atoms with van der Waals surface area (Å²) in [5, 5.41) is 23.0. The number of hydrogen-bond acceptors (Lipinski definition) is 5. The minimum absolute atomic E-state index is 0.0331. The zero-order valence-electron chi connectivity index (χ0n) is 11.7. The third-order valence-corrected chi connectivity index (χ3v) is 3.77. The topological polar surface area (TPSA) is 102 Å². The maximum atomic E-state index is 12.1. The standard InChI is InChI=1S/C14H18N2O5/c1-9(10-4-6-21-7-5-10)15-14(18)11-2-3-13(17)12(8-11)16(19)20/h2-3,8-10,17H,4-7H2,1H3,(H,15,18)/t9-/m0/s1. The maximum absolute atomic E-state index is 12.1. The van der Waals surface area contributed by atoms with Crippen molar-refractivity contribution in [2.24, 2.45) is 5.92 Å². The zero-order chi connectivity index (χ0) is 15.4. The molecule has 1 amide bonds. The second-order valence-corrected chi connectivity index (χ2v) is 5.17. The van der Waals surface area contributed by atoms with E-state index in [1.54, 1.807) is 0 Å². The van der Waals surface area contributed by atoms with E-state index in [4.69, 9.17) is 4.74 Å². The van der Waals surface area contributed by atoms with Crippen molar-refractivity contribution in [2.75, 3.05) is 13.2 Å². The van der Waals surface area contributed by atoms with Crippen molar-refractivity contribution in [3.8, 4) is 5.75 Å². The van der Waals surface area contributed by atoms with Crippen molar-refractivity contribution < 1.29 is 19.6 Å². The average molecular weight is 294 g/mol. The smallest absolute Gasteiger partial charge is 0.311 e. The number of nitro groups is 1. The van der Waals surface area contributed by atoms with E-state index < -0.39 is 16.4 Å². The Morgan fingerprint density at radius 1 is 1.48 bits per heavy atom. The number of aromatic hydroxyl groups is 1. The summed E-state index contributed by atoms with van der Waals surface area (Å²) < 4.78 is 5.28. The number of ether oxygens (including phenoxy) is 1. The summed E-state index contributed by atoms with van der Waals surface area (Å²) in [6, 6.07) is 3.58. The molecule has 7 nitrogen and oxygen atoms in total. The molecule has 1 heterocycles. The van der Waals surface area contributed by atoms with E-state index in [1.807, 2.05) is 6.92 Å². The first-order chi connectivity index (χ1) is 9.99. The Hall–Kier alpha value is -2.15. The van der Waals surface area contributed by atoms with Gasteiger partial charge in [-0.25, -0.2) is 0 Å². The second kappa shape index (κ2) is 6.53. The molecule has 1 aromatic carbocycles. The number of nitro benzene ring substituents is 1. The fourth-order valence-corrected chi connectivity index (χ4v) is 2.43. The van der Waals surface area contributed by atoms with Gasteiger partial charge in [-0.2, -0.15) is 0 Å².